The highest BCUT2D eigenvalue weighted by Gasteiger charge is 2.05. The molecule has 0 heterocycles. The van der Waals surface area contributed by atoms with Gasteiger partial charge in [0.25, 0.3) is 0 Å². The van der Waals surface area contributed by atoms with E-state index in [-0.39, 0.29) is 17.1 Å². The second-order valence-electron chi connectivity index (χ2n) is 3.31. The van der Waals surface area contributed by atoms with Gasteiger partial charge in [0, 0.05) is 25.3 Å². The van der Waals surface area contributed by atoms with Crippen LogP contribution in [0, 0.1) is 0 Å². The van der Waals surface area contributed by atoms with E-state index >= 15 is 0 Å². The van der Waals surface area contributed by atoms with E-state index in [1.165, 1.54) is 11.8 Å². The number of hydrogen-bond acceptors (Lipinski definition) is 2. The molecule has 1 aromatic rings. The van der Waals surface area contributed by atoms with Crippen LogP contribution in [0.2, 0.25) is 0 Å². The van der Waals surface area contributed by atoms with Crippen LogP contribution in [-0.2, 0) is 9.59 Å². The van der Waals surface area contributed by atoms with Crippen molar-refractivity contribution >= 4 is 39.1 Å². The Morgan fingerprint density at radius 2 is 1.88 bits per heavy atom. The van der Waals surface area contributed by atoms with Crippen molar-refractivity contribution in [3.8, 4) is 0 Å². The predicted molar refractivity (Wildman–Crippen MR) is 67.9 cm³/mol. The van der Waals surface area contributed by atoms with Crippen LogP contribution in [0.3, 0.4) is 0 Å². The molecule has 4 nitrogen and oxygen atoms in total. The Kier molecular flexibility index (Phi) is 4.49. The number of carbonyl (C=O) groups excluding carboxylic acids is 2. The Morgan fingerprint density at radius 3 is 2.31 bits per heavy atom. The fraction of sp³-hybridized carbons (Fsp3) is 0.273. The Morgan fingerprint density at radius 1 is 1.31 bits per heavy atom. The SMILES string of the molecule is CC(=O)N(C)c1ccc(NC(=O)CBr)cc1. The summed E-state index contributed by atoms with van der Waals surface area (Å²) >= 11 is 3.06. The lowest BCUT2D eigenvalue weighted by molar-refractivity contribution is -0.116. The molecule has 86 valence electrons. The fourth-order valence-electron chi connectivity index (χ4n) is 1.14. The normalized spacial score (nSPS) is 9.69. The van der Waals surface area contributed by atoms with E-state index in [1.807, 2.05) is 0 Å². The molecule has 0 aliphatic rings. The lowest BCUT2D eigenvalue weighted by Gasteiger charge is -2.15. The monoisotopic (exact) mass is 284 g/mol. The molecule has 0 saturated carbocycles. The number of amides is 2. The third-order valence-electron chi connectivity index (χ3n) is 2.13. The summed E-state index contributed by atoms with van der Waals surface area (Å²) in [6, 6.07) is 7.08. The quantitative estimate of drug-likeness (QED) is 0.864. The van der Waals surface area contributed by atoms with Crippen molar-refractivity contribution in [3.63, 3.8) is 0 Å². The average Bonchev–Trinajstić information content (AvgIpc) is 2.28. The van der Waals surface area contributed by atoms with Crippen LogP contribution in [0.4, 0.5) is 11.4 Å². The Labute approximate surface area is 103 Å². The molecule has 1 aromatic carbocycles. The topological polar surface area (TPSA) is 49.4 Å². The highest BCUT2D eigenvalue weighted by Crippen LogP contribution is 2.16. The largest absolute Gasteiger partial charge is 0.325 e. The number of anilines is 2. The Bertz CT molecular complexity index is 389. The molecule has 0 fully saturated rings. The lowest BCUT2D eigenvalue weighted by atomic mass is 10.2. The summed E-state index contributed by atoms with van der Waals surface area (Å²) in [7, 11) is 1.70. The summed E-state index contributed by atoms with van der Waals surface area (Å²) in [4.78, 5) is 23.7. The molecule has 0 radical (unpaired) electrons. The first kappa shape index (κ1) is 12.7. The molecule has 0 spiro atoms. The van der Waals surface area contributed by atoms with E-state index in [1.54, 1.807) is 31.3 Å². The van der Waals surface area contributed by atoms with Gasteiger partial charge in [-0.25, -0.2) is 0 Å². The minimum Gasteiger partial charge on any atom is -0.325 e. The van der Waals surface area contributed by atoms with Gasteiger partial charge in [0.2, 0.25) is 11.8 Å². The standard InChI is InChI=1S/C11H13BrN2O2/c1-8(15)14(2)10-5-3-9(4-6-10)13-11(16)7-12/h3-6H,7H2,1-2H3,(H,13,16). The zero-order valence-corrected chi connectivity index (χ0v) is 10.7. The number of alkyl halides is 1. The van der Waals surface area contributed by atoms with Crippen LogP contribution in [0.15, 0.2) is 24.3 Å². The van der Waals surface area contributed by atoms with Gasteiger partial charge in [-0.2, -0.15) is 0 Å². The third-order valence-corrected chi connectivity index (χ3v) is 2.64. The van der Waals surface area contributed by atoms with E-state index in [0.29, 0.717) is 5.69 Å². The van der Waals surface area contributed by atoms with Crippen molar-refractivity contribution in [3.05, 3.63) is 24.3 Å². The first-order chi connectivity index (χ1) is 7.54. The van der Waals surface area contributed by atoms with Gasteiger partial charge in [-0.1, -0.05) is 15.9 Å². The number of benzene rings is 1. The molecule has 0 atom stereocenters. The number of hydrogen-bond donors (Lipinski definition) is 1. The predicted octanol–water partition coefficient (Wildman–Crippen LogP) is 2.00. The molecule has 2 amide bonds. The fourth-order valence-corrected chi connectivity index (χ4v) is 1.28. The highest BCUT2D eigenvalue weighted by molar-refractivity contribution is 9.09. The van der Waals surface area contributed by atoms with Gasteiger partial charge in [-0.15, -0.1) is 0 Å². The number of nitrogens with zero attached hydrogens (tertiary/aromatic N) is 1. The van der Waals surface area contributed by atoms with Gasteiger partial charge in [0.1, 0.15) is 0 Å². The first-order valence-electron chi connectivity index (χ1n) is 4.74. The maximum Gasteiger partial charge on any atom is 0.235 e. The maximum atomic E-state index is 11.1. The smallest absolute Gasteiger partial charge is 0.235 e. The van der Waals surface area contributed by atoms with Gasteiger partial charge in [-0.3, -0.25) is 9.59 Å². The zero-order chi connectivity index (χ0) is 12.1. The van der Waals surface area contributed by atoms with Crippen molar-refractivity contribution in [1.29, 1.82) is 0 Å². The summed E-state index contributed by atoms with van der Waals surface area (Å²) in [6.45, 7) is 1.50. The molecule has 0 aliphatic heterocycles. The van der Waals surface area contributed by atoms with Crippen molar-refractivity contribution in [2.45, 2.75) is 6.92 Å². The summed E-state index contributed by atoms with van der Waals surface area (Å²) in [5.41, 5.74) is 1.51. The van der Waals surface area contributed by atoms with Gasteiger partial charge in [-0.05, 0) is 24.3 Å². The first-order valence-corrected chi connectivity index (χ1v) is 5.87. The van der Waals surface area contributed by atoms with Crippen molar-refractivity contribution in [1.82, 2.24) is 0 Å². The van der Waals surface area contributed by atoms with Crippen LogP contribution < -0.4 is 10.2 Å². The number of halogens is 1. The molecule has 0 aromatic heterocycles. The summed E-state index contributed by atoms with van der Waals surface area (Å²) in [5, 5.41) is 2.96. The highest BCUT2D eigenvalue weighted by atomic mass is 79.9. The van der Waals surface area contributed by atoms with E-state index in [9.17, 15) is 9.59 Å². The Balaban J connectivity index is 2.75. The van der Waals surface area contributed by atoms with Gasteiger partial charge in [0.15, 0.2) is 0 Å². The second kappa shape index (κ2) is 5.65. The lowest BCUT2D eigenvalue weighted by Crippen LogP contribution is -2.22. The molecule has 16 heavy (non-hydrogen) atoms. The zero-order valence-electron chi connectivity index (χ0n) is 9.16. The minimum atomic E-state index is -0.104. The van der Waals surface area contributed by atoms with E-state index in [4.69, 9.17) is 0 Å². The van der Waals surface area contributed by atoms with Gasteiger partial charge < -0.3 is 10.2 Å². The molecule has 1 rings (SSSR count). The minimum absolute atomic E-state index is 0.0303. The van der Waals surface area contributed by atoms with Crippen LogP contribution in [0.5, 0.6) is 0 Å². The van der Waals surface area contributed by atoms with Gasteiger partial charge in [0.05, 0.1) is 5.33 Å². The van der Waals surface area contributed by atoms with E-state index < -0.39 is 0 Å². The Hall–Kier alpha value is -1.36. The van der Waals surface area contributed by atoms with Crippen molar-refractivity contribution in [2.75, 3.05) is 22.6 Å². The van der Waals surface area contributed by atoms with Crippen LogP contribution in [0.25, 0.3) is 0 Å². The summed E-state index contributed by atoms with van der Waals surface area (Å²) < 4.78 is 0. The van der Waals surface area contributed by atoms with Crippen molar-refractivity contribution in [2.24, 2.45) is 0 Å². The number of rotatable bonds is 3. The summed E-state index contributed by atoms with van der Waals surface area (Å²) in [6.07, 6.45) is 0. The molecule has 1 N–H and O–H groups in total. The maximum absolute atomic E-state index is 11.1. The van der Waals surface area contributed by atoms with E-state index in [2.05, 4.69) is 21.2 Å². The molecule has 5 heteroatoms. The number of carbonyl (C=O) groups is 2. The van der Waals surface area contributed by atoms with Crippen LogP contribution in [0.1, 0.15) is 6.92 Å². The third kappa shape index (κ3) is 3.34. The second-order valence-corrected chi connectivity index (χ2v) is 3.87. The molecule has 0 saturated heterocycles. The summed E-state index contributed by atoms with van der Waals surface area (Å²) in [5.74, 6) is -0.134. The van der Waals surface area contributed by atoms with Crippen molar-refractivity contribution < 1.29 is 9.59 Å². The van der Waals surface area contributed by atoms with Gasteiger partial charge >= 0.3 is 0 Å². The average molecular weight is 285 g/mol. The molecule has 0 bridgehead atoms. The van der Waals surface area contributed by atoms with E-state index in [0.717, 1.165) is 5.69 Å². The number of nitrogens with one attached hydrogen (secondary N) is 1. The van der Waals surface area contributed by atoms with Crippen LogP contribution >= 0.6 is 15.9 Å². The molecule has 0 aliphatic carbocycles. The molecule has 0 unspecified atom stereocenters. The molecular formula is C11H13BrN2O2. The van der Waals surface area contributed by atoms with Crippen LogP contribution in [-0.4, -0.2) is 24.2 Å². The molecular weight excluding hydrogens is 272 g/mol.